The third-order valence-corrected chi connectivity index (χ3v) is 5.57. The van der Waals surface area contributed by atoms with Gasteiger partial charge in [-0.2, -0.15) is 0 Å². The standard InChI is InChI=1S/C20H19N3O2S/c1-21(2)19(24)16-11-15(13-7-5-4-6-8-13)20(25)23-17(16)18-14(9-10-26-18)12-22(23)3/h4-11H,12H2,1-3H3. The van der Waals surface area contributed by atoms with Crippen molar-refractivity contribution >= 4 is 17.2 Å². The Morgan fingerprint density at radius 3 is 2.58 bits per heavy atom. The molecule has 0 spiro atoms. The zero-order chi connectivity index (χ0) is 18.4. The first-order valence-corrected chi connectivity index (χ1v) is 9.22. The first kappa shape index (κ1) is 16.6. The summed E-state index contributed by atoms with van der Waals surface area (Å²) in [5, 5.41) is 3.89. The number of rotatable bonds is 2. The van der Waals surface area contributed by atoms with Gasteiger partial charge in [0, 0.05) is 26.7 Å². The van der Waals surface area contributed by atoms with Crippen molar-refractivity contribution in [3.8, 4) is 21.7 Å². The van der Waals surface area contributed by atoms with Crippen molar-refractivity contribution < 1.29 is 4.79 Å². The number of benzene rings is 1. The minimum atomic E-state index is -0.111. The molecular weight excluding hydrogens is 346 g/mol. The lowest BCUT2D eigenvalue weighted by Gasteiger charge is -2.31. The van der Waals surface area contributed by atoms with Crippen LogP contribution >= 0.6 is 11.3 Å². The number of aromatic nitrogens is 1. The summed E-state index contributed by atoms with van der Waals surface area (Å²) in [5.41, 5.74) is 3.61. The number of fused-ring (bicyclic) bond motifs is 3. The molecule has 2 aromatic heterocycles. The fourth-order valence-electron chi connectivity index (χ4n) is 3.36. The van der Waals surface area contributed by atoms with E-state index >= 15 is 0 Å². The van der Waals surface area contributed by atoms with Crippen LogP contribution in [0.2, 0.25) is 0 Å². The number of amides is 1. The van der Waals surface area contributed by atoms with E-state index in [1.165, 1.54) is 0 Å². The van der Waals surface area contributed by atoms with Crippen LogP contribution in [0, 0.1) is 0 Å². The molecule has 1 aliphatic heterocycles. The predicted octanol–water partition coefficient (Wildman–Crippen LogP) is 3.03. The normalized spacial score (nSPS) is 12.5. The van der Waals surface area contributed by atoms with E-state index in [2.05, 4.69) is 6.07 Å². The lowest BCUT2D eigenvalue weighted by Crippen LogP contribution is -2.43. The maximum atomic E-state index is 13.3. The van der Waals surface area contributed by atoms with E-state index in [-0.39, 0.29) is 11.5 Å². The Bertz CT molecular complexity index is 1050. The van der Waals surface area contributed by atoms with Crippen LogP contribution in [0.5, 0.6) is 0 Å². The van der Waals surface area contributed by atoms with Gasteiger partial charge in [-0.1, -0.05) is 30.3 Å². The molecule has 1 amide bonds. The minimum Gasteiger partial charge on any atom is -0.345 e. The Labute approximate surface area is 155 Å². The van der Waals surface area contributed by atoms with Crippen LogP contribution in [0.3, 0.4) is 0 Å². The predicted molar refractivity (Wildman–Crippen MR) is 105 cm³/mol. The average Bonchev–Trinajstić information content (AvgIpc) is 3.10. The third-order valence-electron chi connectivity index (χ3n) is 4.60. The summed E-state index contributed by atoms with van der Waals surface area (Å²) in [5.74, 6) is -0.111. The summed E-state index contributed by atoms with van der Waals surface area (Å²) in [6, 6.07) is 13.3. The van der Waals surface area contributed by atoms with Gasteiger partial charge < -0.3 is 9.91 Å². The first-order chi connectivity index (χ1) is 12.5. The van der Waals surface area contributed by atoms with Crippen molar-refractivity contribution in [1.29, 1.82) is 0 Å². The molecule has 26 heavy (non-hydrogen) atoms. The van der Waals surface area contributed by atoms with E-state index in [9.17, 15) is 9.59 Å². The maximum absolute atomic E-state index is 13.3. The van der Waals surface area contributed by atoms with E-state index in [1.54, 1.807) is 41.1 Å². The Kier molecular flexibility index (Phi) is 3.92. The molecule has 0 bridgehead atoms. The van der Waals surface area contributed by atoms with Gasteiger partial charge in [-0.05, 0) is 28.6 Å². The zero-order valence-electron chi connectivity index (χ0n) is 14.9. The quantitative estimate of drug-likeness (QED) is 0.701. The maximum Gasteiger partial charge on any atom is 0.277 e. The van der Waals surface area contributed by atoms with Gasteiger partial charge >= 0.3 is 0 Å². The average molecular weight is 365 g/mol. The lowest BCUT2D eigenvalue weighted by atomic mass is 10.00. The number of carbonyl (C=O) groups is 1. The molecule has 0 atom stereocenters. The van der Waals surface area contributed by atoms with Crippen molar-refractivity contribution in [2.24, 2.45) is 0 Å². The van der Waals surface area contributed by atoms with E-state index < -0.39 is 0 Å². The summed E-state index contributed by atoms with van der Waals surface area (Å²) >= 11 is 1.57. The molecule has 0 fully saturated rings. The molecule has 3 aromatic rings. The summed E-state index contributed by atoms with van der Waals surface area (Å²) < 4.78 is 1.65. The SMILES string of the molecule is CN(C)C(=O)c1cc(-c2ccccc2)c(=O)n2c1-c1sccc1CN2C. The van der Waals surface area contributed by atoms with Crippen molar-refractivity contribution in [3.05, 3.63) is 69.3 Å². The van der Waals surface area contributed by atoms with Gasteiger partial charge in [0.1, 0.15) is 0 Å². The van der Waals surface area contributed by atoms with Gasteiger partial charge in [-0.15, -0.1) is 11.3 Å². The van der Waals surface area contributed by atoms with Gasteiger partial charge in [-0.25, -0.2) is 4.68 Å². The molecule has 0 N–H and O–H groups in total. The fourth-order valence-corrected chi connectivity index (χ4v) is 4.32. The molecule has 5 nitrogen and oxygen atoms in total. The monoisotopic (exact) mass is 365 g/mol. The van der Waals surface area contributed by atoms with Gasteiger partial charge in [0.15, 0.2) is 0 Å². The third kappa shape index (κ3) is 2.45. The second-order valence-electron chi connectivity index (χ2n) is 6.59. The molecule has 1 aromatic carbocycles. The molecule has 3 heterocycles. The molecule has 0 aliphatic carbocycles. The highest BCUT2D eigenvalue weighted by atomic mass is 32.1. The van der Waals surface area contributed by atoms with E-state index in [4.69, 9.17) is 0 Å². The smallest absolute Gasteiger partial charge is 0.277 e. The van der Waals surface area contributed by atoms with Gasteiger partial charge in [0.25, 0.3) is 11.5 Å². The molecule has 132 valence electrons. The van der Waals surface area contributed by atoms with E-state index in [0.717, 1.165) is 16.0 Å². The number of pyridine rings is 1. The lowest BCUT2D eigenvalue weighted by molar-refractivity contribution is 0.0827. The van der Waals surface area contributed by atoms with Gasteiger partial charge in [-0.3, -0.25) is 9.59 Å². The summed E-state index contributed by atoms with van der Waals surface area (Å²) in [4.78, 5) is 28.8. The highest BCUT2D eigenvalue weighted by Crippen LogP contribution is 2.37. The van der Waals surface area contributed by atoms with Gasteiger partial charge in [0.2, 0.25) is 0 Å². The van der Waals surface area contributed by atoms with Crippen molar-refractivity contribution in [2.45, 2.75) is 6.54 Å². The second kappa shape index (κ2) is 6.14. The molecule has 0 unspecified atom stereocenters. The molecule has 0 radical (unpaired) electrons. The zero-order valence-corrected chi connectivity index (χ0v) is 15.7. The molecular formula is C20H19N3O2S. The van der Waals surface area contributed by atoms with Crippen LogP contribution in [0.25, 0.3) is 21.7 Å². The van der Waals surface area contributed by atoms with Crippen molar-refractivity contribution in [1.82, 2.24) is 9.58 Å². The second-order valence-corrected chi connectivity index (χ2v) is 7.51. The van der Waals surface area contributed by atoms with Crippen LogP contribution in [0.15, 0.2) is 52.6 Å². The number of carbonyl (C=O) groups excluding carboxylic acids is 1. The molecule has 0 saturated heterocycles. The van der Waals surface area contributed by atoms with Crippen LogP contribution in [0.4, 0.5) is 0 Å². The summed E-state index contributed by atoms with van der Waals surface area (Å²) in [7, 11) is 5.34. The Hall–Kier alpha value is -2.86. The van der Waals surface area contributed by atoms with Crippen molar-refractivity contribution in [2.75, 3.05) is 26.2 Å². The summed E-state index contributed by atoms with van der Waals surface area (Å²) in [6.45, 7) is 0.638. The topological polar surface area (TPSA) is 45.6 Å². The Morgan fingerprint density at radius 1 is 1.15 bits per heavy atom. The highest BCUT2D eigenvalue weighted by molar-refractivity contribution is 7.13. The van der Waals surface area contributed by atoms with Crippen molar-refractivity contribution in [3.63, 3.8) is 0 Å². The fraction of sp³-hybridized carbons (Fsp3) is 0.200. The first-order valence-electron chi connectivity index (χ1n) is 8.34. The number of hydrogen-bond donors (Lipinski definition) is 0. The molecule has 1 aliphatic rings. The highest BCUT2D eigenvalue weighted by Gasteiger charge is 2.29. The Balaban J connectivity index is 2.10. The Morgan fingerprint density at radius 2 is 1.88 bits per heavy atom. The number of nitrogens with zero attached hydrogens (tertiary/aromatic N) is 3. The van der Waals surface area contributed by atoms with E-state index in [0.29, 0.717) is 23.4 Å². The minimum absolute atomic E-state index is 0.108. The largest absolute Gasteiger partial charge is 0.345 e. The van der Waals surface area contributed by atoms with Gasteiger partial charge in [0.05, 0.1) is 22.7 Å². The molecule has 0 saturated carbocycles. The summed E-state index contributed by atoms with van der Waals surface area (Å²) in [6.07, 6.45) is 0. The van der Waals surface area contributed by atoms with Crippen LogP contribution in [-0.2, 0) is 6.54 Å². The number of hydrogen-bond acceptors (Lipinski definition) is 4. The molecule has 4 rings (SSSR count). The van der Waals surface area contributed by atoms with Crippen LogP contribution < -0.4 is 10.6 Å². The van der Waals surface area contributed by atoms with Crippen LogP contribution in [-0.4, -0.2) is 36.6 Å². The number of thiophene rings is 1. The molecule has 6 heteroatoms. The van der Waals surface area contributed by atoms with E-state index in [1.807, 2.05) is 47.8 Å². The van der Waals surface area contributed by atoms with Crippen LogP contribution in [0.1, 0.15) is 15.9 Å².